The van der Waals surface area contributed by atoms with Crippen molar-refractivity contribution in [1.82, 2.24) is 0 Å². The first-order valence-corrected chi connectivity index (χ1v) is 20.3. The topological polar surface area (TPSA) is 16.4 Å². The molecule has 12 rings (SSSR count). The van der Waals surface area contributed by atoms with Crippen LogP contribution in [-0.2, 0) is 10.8 Å². The summed E-state index contributed by atoms with van der Waals surface area (Å²) >= 11 is 0. The van der Waals surface area contributed by atoms with E-state index in [2.05, 4.69) is 219 Å². The van der Waals surface area contributed by atoms with Crippen molar-refractivity contribution < 1.29 is 4.42 Å². The molecule has 2 nitrogen and oxygen atoms in total. The Bertz CT molecular complexity index is 3220. The van der Waals surface area contributed by atoms with Gasteiger partial charge in [-0.15, -0.1) is 0 Å². The molecule has 2 aliphatic carbocycles. The summed E-state index contributed by atoms with van der Waals surface area (Å²) in [6.45, 7) is 4.78. The first-order valence-electron chi connectivity index (χ1n) is 20.3. The fraction of sp³-hybridized carbons (Fsp3) is 0.0714. The van der Waals surface area contributed by atoms with Crippen molar-refractivity contribution in [1.29, 1.82) is 0 Å². The number of para-hydroxylation sites is 2. The number of fused-ring (bicyclic) bond motifs is 11. The summed E-state index contributed by atoms with van der Waals surface area (Å²) in [5.74, 6) is 0. The van der Waals surface area contributed by atoms with Gasteiger partial charge in [0, 0.05) is 27.3 Å². The van der Waals surface area contributed by atoms with Crippen LogP contribution < -0.4 is 4.90 Å². The van der Waals surface area contributed by atoms with Crippen LogP contribution in [0.1, 0.15) is 47.2 Å². The first kappa shape index (κ1) is 33.0. The maximum absolute atomic E-state index is 6.95. The van der Waals surface area contributed by atoms with E-state index in [1.54, 1.807) is 0 Å². The number of benzene rings is 9. The van der Waals surface area contributed by atoms with Crippen LogP contribution >= 0.6 is 0 Å². The van der Waals surface area contributed by atoms with Crippen LogP contribution in [0, 0.1) is 0 Å². The Hall–Kier alpha value is -7.16. The van der Waals surface area contributed by atoms with Crippen LogP contribution in [0.4, 0.5) is 17.1 Å². The van der Waals surface area contributed by atoms with E-state index in [1.807, 2.05) is 0 Å². The molecule has 2 aliphatic rings. The molecule has 0 saturated carbocycles. The van der Waals surface area contributed by atoms with Crippen LogP contribution in [0.5, 0.6) is 0 Å². The molecule has 1 heterocycles. The van der Waals surface area contributed by atoms with Crippen molar-refractivity contribution >= 4 is 49.8 Å². The fourth-order valence-corrected chi connectivity index (χ4v) is 10.8. The van der Waals surface area contributed by atoms with Crippen LogP contribution in [0.3, 0.4) is 0 Å². The fourth-order valence-electron chi connectivity index (χ4n) is 10.8. The number of anilines is 3. The second-order valence-corrected chi connectivity index (χ2v) is 16.4. The highest BCUT2D eigenvalue weighted by Gasteiger charge is 2.48. The van der Waals surface area contributed by atoms with Gasteiger partial charge < -0.3 is 9.32 Å². The van der Waals surface area contributed by atoms with E-state index < -0.39 is 5.41 Å². The molecular weight excluding hydrogens is 703 g/mol. The van der Waals surface area contributed by atoms with Gasteiger partial charge in [-0.1, -0.05) is 190 Å². The molecule has 0 saturated heterocycles. The molecule has 0 bridgehead atoms. The Morgan fingerprint density at radius 2 is 0.966 bits per heavy atom. The van der Waals surface area contributed by atoms with Gasteiger partial charge in [0.2, 0.25) is 0 Å². The Balaban J connectivity index is 1.27. The summed E-state index contributed by atoms with van der Waals surface area (Å²) in [6, 6.07) is 73.6. The van der Waals surface area contributed by atoms with E-state index >= 15 is 0 Å². The smallest absolute Gasteiger partial charge is 0.159 e. The molecule has 274 valence electrons. The molecule has 0 spiro atoms. The van der Waals surface area contributed by atoms with Gasteiger partial charge in [-0.25, -0.2) is 0 Å². The average molecular weight is 742 g/mol. The maximum atomic E-state index is 6.95. The average Bonchev–Trinajstić information content (AvgIpc) is 3.89. The number of rotatable bonds is 5. The lowest BCUT2D eigenvalue weighted by Gasteiger charge is -2.35. The van der Waals surface area contributed by atoms with Crippen molar-refractivity contribution in [3.05, 3.63) is 234 Å². The predicted molar refractivity (Wildman–Crippen MR) is 241 cm³/mol. The number of nitrogens with zero attached hydrogens (tertiary/aromatic N) is 1. The van der Waals surface area contributed by atoms with Gasteiger partial charge in [0.05, 0.1) is 22.5 Å². The van der Waals surface area contributed by atoms with E-state index in [4.69, 9.17) is 4.42 Å². The SMILES string of the molecule is CC1(C)c2ccccc2-c2c(N(c3cccc4c3-c3ccccc3C4(c3ccccc3)c3ccccc3)c3cccc4c3oc3ccccc34)cc3ccccc3c21. The zero-order valence-corrected chi connectivity index (χ0v) is 32.4. The lowest BCUT2D eigenvalue weighted by Crippen LogP contribution is -2.28. The van der Waals surface area contributed by atoms with E-state index in [9.17, 15) is 0 Å². The molecule has 2 heteroatoms. The quantitative estimate of drug-likeness (QED) is 0.175. The largest absolute Gasteiger partial charge is 0.454 e. The third kappa shape index (κ3) is 4.32. The van der Waals surface area contributed by atoms with E-state index in [0.717, 1.165) is 39.0 Å². The molecule has 58 heavy (non-hydrogen) atoms. The Morgan fingerprint density at radius 3 is 1.72 bits per heavy atom. The molecule has 0 atom stereocenters. The second-order valence-electron chi connectivity index (χ2n) is 16.4. The molecular formula is C56H39NO. The second kappa shape index (κ2) is 12.2. The van der Waals surface area contributed by atoms with Crippen molar-refractivity contribution in [2.24, 2.45) is 0 Å². The number of hydrogen-bond donors (Lipinski definition) is 0. The lowest BCUT2D eigenvalue weighted by molar-refractivity contribution is 0.666. The van der Waals surface area contributed by atoms with Crippen LogP contribution in [-0.4, -0.2) is 0 Å². The van der Waals surface area contributed by atoms with E-state index in [0.29, 0.717) is 0 Å². The normalized spacial score (nSPS) is 14.3. The summed E-state index contributed by atoms with van der Waals surface area (Å²) in [7, 11) is 0. The standard InChI is InChI=1S/C56H39NO/c1-55(2)44-29-14-11-26-42(44)52-49(35-36-19-9-10-24-39(36)53(52)55)57(48-33-17-28-41-40-25-13-16-34-50(40)58-54(41)48)47-32-18-31-46-51(47)43-27-12-15-30-45(43)56(46,37-20-5-3-6-21-37)38-22-7-4-8-23-38/h3-35H,1-2H3. The van der Waals surface area contributed by atoms with Crippen molar-refractivity contribution in [2.75, 3.05) is 4.90 Å². The van der Waals surface area contributed by atoms with Gasteiger partial charge >= 0.3 is 0 Å². The third-order valence-electron chi connectivity index (χ3n) is 13.1. The summed E-state index contributed by atoms with van der Waals surface area (Å²) < 4.78 is 6.95. The molecule has 0 amide bonds. The van der Waals surface area contributed by atoms with Crippen molar-refractivity contribution in [2.45, 2.75) is 24.7 Å². The predicted octanol–water partition coefficient (Wildman–Crippen LogP) is 14.9. The summed E-state index contributed by atoms with van der Waals surface area (Å²) in [4.78, 5) is 2.54. The van der Waals surface area contributed by atoms with Gasteiger partial charge in [0.25, 0.3) is 0 Å². The van der Waals surface area contributed by atoms with Gasteiger partial charge in [-0.3, -0.25) is 0 Å². The molecule has 0 fully saturated rings. The molecule has 0 aliphatic heterocycles. The third-order valence-corrected chi connectivity index (χ3v) is 13.1. The molecule has 10 aromatic rings. The van der Waals surface area contributed by atoms with Gasteiger partial charge in [0.15, 0.2) is 5.58 Å². The molecule has 0 N–H and O–H groups in total. The first-order chi connectivity index (χ1) is 28.6. The van der Waals surface area contributed by atoms with Gasteiger partial charge in [0.1, 0.15) is 5.58 Å². The number of furan rings is 1. The zero-order chi connectivity index (χ0) is 38.6. The minimum Gasteiger partial charge on any atom is -0.454 e. The molecule has 0 radical (unpaired) electrons. The minimum atomic E-state index is -0.540. The zero-order valence-electron chi connectivity index (χ0n) is 32.4. The minimum absolute atomic E-state index is 0.223. The Labute approximate surface area is 338 Å². The van der Waals surface area contributed by atoms with Crippen LogP contribution in [0.25, 0.3) is 55.0 Å². The molecule has 1 aromatic heterocycles. The highest BCUT2D eigenvalue weighted by molar-refractivity contribution is 6.14. The monoisotopic (exact) mass is 741 g/mol. The van der Waals surface area contributed by atoms with Crippen molar-refractivity contribution in [3.63, 3.8) is 0 Å². The summed E-state index contributed by atoms with van der Waals surface area (Å²) in [5, 5.41) is 4.73. The molecule has 9 aromatic carbocycles. The lowest BCUT2D eigenvalue weighted by atomic mass is 9.68. The number of hydrogen-bond acceptors (Lipinski definition) is 2. The van der Waals surface area contributed by atoms with E-state index in [-0.39, 0.29) is 5.41 Å². The van der Waals surface area contributed by atoms with Crippen LogP contribution in [0.15, 0.2) is 205 Å². The van der Waals surface area contributed by atoms with Crippen LogP contribution in [0.2, 0.25) is 0 Å². The van der Waals surface area contributed by atoms with Gasteiger partial charge in [-0.2, -0.15) is 0 Å². The summed E-state index contributed by atoms with van der Waals surface area (Å²) in [6.07, 6.45) is 0. The summed E-state index contributed by atoms with van der Waals surface area (Å²) in [5.41, 5.74) is 17.0. The Kier molecular flexibility index (Phi) is 6.93. The highest BCUT2D eigenvalue weighted by Crippen LogP contribution is 2.62. The molecule has 0 unspecified atom stereocenters. The van der Waals surface area contributed by atoms with Crippen molar-refractivity contribution in [3.8, 4) is 22.3 Å². The Morgan fingerprint density at radius 1 is 0.414 bits per heavy atom. The highest BCUT2D eigenvalue weighted by atomic mass is 16.3. The van der Waals surface area contributed by atoms with Gasteiger partial charge in [-0.05, 0) is 79.5 Å². The maximum Gasteiger partial charge on any atom is 0.159 e. The van der Waals surface area contributed by atoms with E-state index in [1.165, 1.54) is 66.4 Å².